The highest BCUT2D eigenvalue weighted by molar-refractivity contribution is 7.99. The highest BCUT2D eigenvalue weighted by Gasteiger charge is 2.23. The molecule has 2 rings (SSSR count). The first-order valence-electron chi connectivity index (χ1n) is 6.79. The van der Waals surface area contributed by atoms with Crippen LogP contribution in [0.25, 0.3) is 0 Å². The topological polar surface area (TPSA) is 12.0 Å². The lowest BCUT2D eigenvalue weighted by atomic mass is 10.1. The minimum absolute atomic E-state index is 0.142. The van der Waals surface area contributed by atoms with Crippen molar-refractivity contribution in [2.24, 2.45) is 0 Å². The van der Waals surface area contributed by atoms with Gasteiger partial charge in [0.1, 0.15) is 5.82 Å². The summed E-state index contributed by atoms with van der Waals surface area (Å²) in [6.07, 6.45) is 3.88. The van der Waals surface area contributed by atoms with Crippen LogP contribution in [0, 0.1) is 12.7 Å². The minimum Gasteiger partial charge on any atom is -0.310 e. The molecule has 0 aliphatic heterocycles. The number of thioether (sulfide) groups is 1. The van der Waals surface area contributed by atoms with Crippen molar-refractivity contribution in [1.29, 1.82) is 0 Å². The minimum atomic E-state index is -0.142. The van der Waals surface area contributed by atoms with Gasteiger partial charge in [-0.3, -0.25) is 0 Å². The Hall–Kier alpha value is -0.540. The van der Waals surface area contributed by atoms with E-state index in [0.717, 1.165) is 17.4 Å². The van der Waals surface area contributed by atoms with Crippen LogP contribution in [-0.2, 0) is 6.54 Å². The lowest BCUT2D eigenvalue weighted by Crippen LogP contribution is -2.26. The second-order valence-corrected chi connectivity index (χ2v) is 6.62. The molecule has 1 aromatic carbocycles. The Morgan fingerprint density at radius 3 is 2.94 bits per heavy atom. The second-order valence-electron chi connectivity index (χ2n) is 5.04. The first-order valence-corrected chi connectivity index (χ1v) is 7.84. The average molecular weight is 267 g/mol. The van der Waals surface area contributed by atoms with Crippen LogP contribution in [0.15, 0.2) is 18.2 Å². The van der Waals surface area contributed by atoms with Gasteiger partial charge in [0.15, 0.2) is 0 Å². The fourth-order valence-corrected chi connectivity index (χ4v) is 3.77. The number of aryl methyl sites for hydroxylation is 1. The predicted molar refractivity (Wildman–Crippen MR) is 77.5 cm³/mol. The SMILES string of the molecule is CCSC1CCC(NCc2ccc(F)cc2C)C1. The van der Waals surface area contributed by atoms with Gasteiger partial charge >= 0.3 is 0 Å². The number of nitrogens with one attached hydrogen (secondary N) is 1. The molecular weight excluding hydrogens is 245 g/mol. The molecule has 0 bridgehead atoms. The van der Waals surface area contributed by atoms with E-state index in [4.69, 9.17) is 0 Å². The lowest BCUT2D eigenvalue weighted by Gasteiger charge is -2.14. The molecule has 0 spiro atoms. The molecule has 0 heterocycles. The number of benzene rings is 1. The van der Waals surface area contributed by atoms with Crippen molar-refractivity contribution in [2.75, 3.05) is 5.75 Å². The van der Waals surface area contributed by atoms with Gasteiger partial charge in [0, 0.05) is 17.8 Å². The van der Waals surface area contributed by atoms with Gasteiger partial charge in [-0.15, -0.1) is 0 Å². The van der Waals surface area contributed by atoms with E-state index in [1.165, 1.54) is 30.6 Å². The second kappa shape index (κ2) is 6.58. The van der Waals surface area contributed by atoms with E-state index in [1.54, 1.807) is 12.1 Å². The van der Waals surface area contributed by atoms with Crippen LogP contribution >= 0.6 is 11.8 Å². The van der Waals surface area contributed by atoms with Crippen LogP contribution in [0.4, 0.5) is 4.39 Å². The van der Waals surface area contributed by atoms with Crippen LogP contribution in [0.3, 0.4) is 0 Å². The van der Waals surface area contributed by atoms with Crippen LogP contribution in [0.1, 0.15) is 37.3 Å². The molecule has 1 saturated carbocycles. The molecule has 3 heteroatoms. The molecule has 1 nitrogen and oxygen atoms in total. The van der Waals surface area contributed by atoms with Gasteiger partial charge in [0.2, 0.25) is 0 Å². The van der Waals surface area contributed by atoms with Gasteiger partial charge in [-0.25, -0.2) is 4.39 Å². The Labute approximate surface area is 114 Å². The summed E-state index contributed by atoms with van der Waals surface area (Å²) in [5.41, 5.74) is 2.25. The standard InChI is InChI=1S/C15H22FNS/c1-3-18-15-7-6-14(9-15)17-10-12-4-5-13(16)8-11(12)2/h4-5,8,14-15,17H,3,6-7,9-10H2,1-2H3. The zero-order chi connectivity index (χ0) is 13.0. The molecule has 1 N–H and O–H groups in total. The van der Waals surface area contributed by atoms with Gasteiger partial charge in [0.05, 0.1) is 0 Å². The van der Waals surface area contributed by atoms with E-state index in [1.807, 2.05) is 13.0 Å². The molecule has 2 unspecified atom stereocenters. The molecule has 1 aliphatic rings. The Balaban J connectivity index is 1.81. The van der Waals surface area contributed by atoms with Crippen LogP contribution in [0.5, 0.6) is 0 Å². The molecule has 18 heavy (non-hydrogen) atoms. The van der Waals surface area contributed by atoms with Crippen molar-refractivity contribution in [3.05, 3.63) is 35.1 Å². The van der Waals surface area contributed by atoms with E-state index >= 15 is 0 Å². The van der Waals surface area contributed by atoms with Crippen molar-refractivity contribution >= 4 is 11.8 Å². The van der Waals surface area contributed by atoms with Crippen LogP contribution < -0.4 is 5.32 Å². The molecular formula is C15H22FNS. The first-order chi connectivity index (χ1) is 8.69. The molecule has 0 aromatic heterocycles. The monoisotopic (exact) mass is 267 g/mol. The maximum absolute atomic E-state index is 13.0. The summed E-state index contributed by atoms with van der Waals surface area (Å²) >= 11 is 2.08. The molecule has 0 saturated heterocycles. The van der Waals surface area contributed by atoms with E-state index in [0.29, 0.717) is 6.04 Å². The quantitative estimate of drug-likeness (QED) is 0.868. The van der Waals surface area contributed by atoms with Crippen molar-refractivity contribution in [2.45, 2.75) is 50.9 Å². The third kappa shape index (κ3) is 3.72. The van der Waals surface area contributed by atoms with E-state index in [-0.39, 0.29) is 5.82 Å². The zero-order valence-electron chi connectivity index (χ0n) is 11.2. The van der Waals surface area contributed by atoms with Crippen molar-refractivity contribution in [3.63, 3.8) is 0 Å². The van der Waals surface area contributed by atoms with E-state index in [2.05, 4.69) is 24.0 Å². The van der Waals surface area contributed by atoms with Gasteiger partial charge < -0.3 is 5.32 Å². The Morgan fingerprint density at radius 2 is 2.22 bits per heavy atom. The number of hydrogen-bond acceptors (Lipinski definition) is 2. The maximum Gasteiger partial charge on any atom is 0.123 e. The third-order valence-electron chi connectivity index (χ3n) is 3.67. The number of hydrogen-bond donors (Lipinski definition) is 1. The smallest absolute Gasteiger partial charge is 0.123 e. The van der Waals surface area contributed by atoms with Gasteiger partial charge in [-0.1, -0.05) is 13.0 Å². The molecule has 1 aromatic rings. The summed E-state index contributed by atoms with van der Waals surface area (Å²) in [6, 6.07) is 5.69. The predicted octanol–water partition coefficient (Wildman–Crippen LogP) is 3.90. The number of halogens is 1. The lowest BCUT2D eigenvalue weighted by molar-refractivity contribution is 0.523. The summed E-state index contributed by atoms with van der Waals surface area (Å²) in [7, 11) is 0. The highest BCUT2D eigenvalue weighted by atomic mass is 32.2. The van der Waals surface area contributed by atoms with Gasteiger partial charge in [-0.2, -0.15) is 11.8 Å². The summed E-state index contributed by atoms with van der Waals surface area (Å²) in [4.78, 5) is 0. The maximum atomic E-state index is 13.0. The van der Waals surface area contributed by atoms with E-state index in [9.17, 15) is 4.39 Å². The summed E-state index contributed by atoms with van der Waals surface area (Å²) in [6.45, 7) is 5.07. The Kier molecular flexibility index (Phi) is 5.07. The Bertz CT molecular complexity index is 394. The molecule has 100 valence electrons. The zero-order valence-corrected chi connectivity index (χ0v) is 12.0. The fourth-order valence-electron chi connectivity index (χ4n) is 2.62. The first kappa shape index (κ1) is 13.9. The van der Waals surface area contributed by atoms with Crippen LogP contribution in [0.2, 0.25) is 0 Å². The molecule has 1 fully saturated rings. The van der Waals surface area contributed by atoms with Gasteiger partial charge in [-0.05, 0) is 55.2 Å². The van der Waals surface area contributed by atoms with E-state index < -0.39 is 0 Å². The van der Waals surface area contributed by atoms with Crippen LogP contribution in [-0.4, -0.2) is 17.0 Å². The summed E-state index contributed by atoms with van der Waals surface area (Å²) in [5, 5.41) is 4.45. The fraction of sp³-hybridized carbons (Fsp3) is 0.600. The summed E-state index contributed by atoms with van der Waals surface area (Å²) < 4.78 is 13.0. The van der Waals surface area contributed by atoms with Crippen molar-refractivity contribution < 1.29 is 4.39 Å². The Morgan fingerprint density at radius 1 is 1.39 bits per heavy atom. The van der Waals surface area contributed by atoms with Crippen molar-refractivity contribution in [3.8, 4) is 0 Å². The van der Waals surface area contributed by atoms with Gasteiger partial charge in [0.25, 0.3) is 0 Å². The largest absolute Gasteiger partial charge is 0.310 e. The number of rotatable bonds is 5. The normalized spacial score (nSPS) is 23.5. The highest BCUT2D eigenvalue weighted by Crippen LogP contribution is 2.29. The molecule has 2 atom stereocenters. The summed E-state index contributed by atoms with van der Waals surface area (Å²) in [5.74, 6) is 1.07. The molecule has 0 amide bonds. The average Bonchev–Trinajstić information content (AvgIpc) is 2.76. The molecule has 1 aliphatic carbocycles. The molecule has 0 radical (unpaired) electrons. The third-order valence-corrected chi connectivity index (χ3v) is 4.91. The van der Waals surface area contributed by atoms with Crippen molar-refractivity contribution in [1.82, 2.24) is 5.32 Å².